The van der Waals surface area contributed by atoms with Crippen LogP contribution in [0.5, 0.6) is 0 Å². The molecule has 0 N–H and O–H groups in total. The summed E-state index contributed by atoms with van der Waals surface area (Å²) < 4.78 is 0. The summed E-state index contributed by atoms with van der Waals surface area (Å²) in [5, 5.41) is 0.691. The lowest BCUT2D eigenvalue weighted by atomic mass is 10.1. The van der Waals surface area contributed by atoms with Gasteiger partial charge in [0, 0.05) is 29.2 Å². The van der Waals surface area contributed by atoms with Gasteiger partial charge in [-0.05, 0) is 37.1 Å². The van der Waals surface area contributed by atoms with E-state index in [-0.39, 0.29) is 5.78 Å². The lowest BCUT2D eigenvalue weighted by Gasteiger charge is -2.25. The van der Waals surface area contributed by atoms with Crippen molar-refractivity contribution in [1.29, 1.82) is 0 Å². The summed E-state index contributed by atoms with van der Waals surface area (Å²) >= 11 is 6.01. The second kappa shape index (κ2) is 8.11. The van der Waals surface area contributed by atoms with Gasteiger partial charge in [0.2, 0.25) is 0 Å². The zero-order valence-electron chi connectivity index (χ0n) is 13.6. The van der Waals surface area contributed by atoms with Crippen LogP contribution in [0.4, 0.5) is 5.69 Å². The molecule has 4 heteroatoms. The van der Waals surface area contributed by atoms with Crippen molar-refractivity contribution in [2.45, 2.75) is 25.7 Å². The van der Waals surface area contributed by atoms with Crippen molar-refractivity contribution >= 4 is 28.9 Å². The standard InChI is InChI=1S/C20H21ClN2O/c21-17-10-12-18(13-11-17)23(20-9-5-2-6-14-22-20)15-19(24)16-7-3-1-4-8-16/h1,3-4,7-8,10-13H,2,5-6,9,14-15H2. The van der Waals surface area contributed by atoms with Crippen LogP contribution in [0, 0.1) is 0 Å². The Labute approximate surface area is 148 Å². The Morgan fingerprint density at radius 3 is 2.50 bits per heavy atom. The van der Waals surface area contributed by atoms with Crippen molar-refractivity contribution in [3.05, 3.63) is 65.2 Å². The lowest BCUT2D eigenvalue weighted by molar-refractivity contribution is 0.100. The zero-order chi connectivity index (χ0) is 16.8. The Balaban J connectivity index is 1.88. The highest BCUT2D eigenvalue weighted by Crippen LogP contribution is 2.22. The van der Waals surface area contributed by atoms with E-state index in [1.54, 1.807) is 0 Å². The number of ketones is 1. The summed E-state index contributed by atoms with van der Waals surface area (Å²) in [5.74, 6) is 1.09. The maximum atomic E-state index is 12.7. The number of rotatable bonds is 4. The van der Waals surface area contributed by atoms with Crippen LogP contribution in [-0.4, -0.2) is 24.7 Å². The molecule has 0 bridgehead atoms. The molecule has 3 nitrogen and oxygen atoms in total. The molecule has 1 heterocycles. The Morgan fingerprint density at radius 1 is 1.00 bits per heavy atom. The second-order valence-corrected chi connectivity index (χ2v) is 6.40. The third-order valence-corrected chi connectivity index (χ3v) is 4.45. The summed E-state index contributed by atoms with van der Waals surface area (Å²) in [7, 11) is 0. The van der Waals surface area contributed by atoms with Gasteiger partial charge in [-0.3, -0.25) is 9.79 Å². The molecule has 2 aromatic rings. The van der Waals surface area contributed by atoms with Crippen molar-refractivity contribution in [3.8, 4) is 0 Å². The molecule has 0 atom stereocenters. The van der Waals surface area contributed by atoms with Crippen LogP contribution in [0.25, 0.3) is 0 Å². The number of amidine groups is 1. The molecule has 0 amide bonds. The van der Waals surface area contributed by atoms with Gasteiger partial charge < -0.3 is 4.90 Å². The number of anilines is 1. The molecule has 0 radical (unpaired) electrons. The van der Waals surface area contributed by atoms with E-state index >= 15 is 0 Å². The van der Waals surface area contributed by atoms with Crippen LogP contribution in [0.3, 0.4) is 0 Å². The Morgan fingerprint density at radius 2 is 1.75 bits per heavy atom. The summed E-state index contributed by atoms with van der Waals surface area (Å²) in [4.78, 5) is 19.5. The van der Waals surface area contributed by atoms with Crippen molar-refractivity contribution in [2.75, 3.05) is 18.0 Å². The van der Waals surface area contributed by atoms with Crippen molar-refractivity contribution in [1.82, 2.24) is 0 Å². The first-order valence-corrected chi connectivity index (χ1v) is 8.76. The number of Topliss-reactive ketones (excluding diaryl/α,β-unsaturated/α-hetero) is 1. The fourth-order valence-corrected chi connectivity index (χ4v) is 3.02. The number of aliphatic imine (C=N–C) groups is 1. The van der Waals surface area contributed by atoms with Gasteiger partial charge in [0.1, 0.15) is 5.84 Å². The van der Waals surface area contributed by atoms with E-state index in [1.165, 1.54) is 6.42 Å². The average molecular weight is 341 g/mol. The highest BCUT2D eigenvalue weighted by atomic mass is 35.5. The monoisotopic (exact) mass is 340 g/mol. The molecule has 0 aromatic heterocycles. The van der Waals surface area contributed by atoms with E-state index < -0.39 is 0 Å². The Kier molecular flexibility index (Phi) is 5.65. The SMILES string of the molecule is O=C(CN(C1=NCCCCC1)c1ccc(Cl)cc1)c1ccccc1. The Bertz CT molecular complexity index is 710. The van der Waals surface area contributed by atoms with Crippen LogP contribution < -0.4 is 4.90 Å². The van der Waals surface area contributed by atoms with Gasteiger partial charge in [-0.15, -0.1) is 0 Å². The number of benzene rings is 2. The first-order chi connectivity index (χ1) is 11.7. The van der Waals surface area contributed by atoms with Crippen molar-refractivity contribution in [2.24, 2.45) is 4.99 Å². The molecule has 0 unspecified atom stereocenters. The normalized spacial score (nSPS) is 14.6. The van der Waals surface area contributed by atoms with E-state index in [0.717, 1.165) is 42.9 Å². The van der Waals surface area contributed by atoms with Crippen LogP contribution in [0.15, 0.2) is 59.6 Å². The molecule has 0 spiro atoms. The van der Waals surface area contributed by atoms with Crippen LogP contribution in [0.2, 0.25) is 5.02 Å². The average Bonchev–Trinajstić information content (AvgIpc) is 2.90. The molecule has 1 aliphatic heterocycles. The largest absolute Gasteiger partial charge is 0.322 e. The third kappa shape index (κ3) is 4.24. The minimum atomic E-state index is 0.0949. The highest BCUT2D eigenvalue weighted by Gasteiger charge is 2.19. The number of carbonyl (C=O) groups is 1. The van der Waals surface area contributed by atoms with E-state index in [0.29, 0.717) is 11.6 Å². The summed E-state index contributed by atoms with van der Waals surface area (Å²) in [6.45, 7) is 1.13. The lowest BCUT2D eigenvalue weighted by Crippen LogP contribution is -2.35. The predicted octanol–water partition coefficient (Wildman–Crippen LogP) is 5.00. The molecule has 1 aliphatic rings. The summed E-state index contributed by atoms with van der Waals surface area (Å²) in [6, 6.07) is 17.0. The molecule has 3 rings (SSSR count). The summed E-state index contributed by atoms with van der Waals surface area (Å²) in [5.41, 5.74) is 1.69. The maximum absolute atomic E-state index is 12.7. The smallest absolute Gasteiger partial charge is 0.182 e. The minimum Gasteiger partial charge on any atom is -0.322 e. The minimum absolute atomic E-state index is 0.0949. The second-order valence-electron chi connectivity index (χ2n) is 5.96. The van der Waals surface area contributed by atoms with Gasteiger partial charge in [0.05, 0.1) is 6.54 Å². The zero-order valence-corrected chi connectivity index (χ0v) is 14.4. The van der Waals surface area contributed by atoms with Crippen molar-refractivity contribution in [3.63, 3.8) is 0 Å². The van der Waals surface area contributed by atoms with E-state index in [1.807, 2.05) is 59.5 Å². The number of hydrogen-bond donors (Lipinski definition) is 0. The molecule has 24 heavy (non-hydrogen) atoms. The van der Waals surface area contributed by atoms with Crippen molar-refractivity contribution < 1.29 is 4.79 Å². The van der Waals surface area contributed by atoms with Gasteiger partial charge in [0.15, 0.2) is 5.78 Å². The van der Waals surface area contributed by atoms with E-state index in [2.05, 4.69) is 0 Å². The highest BCUT2D eigenvalue weighted by molar-refractivity contribution is 6.30. The first kappa shape index (κ1) is 16.7. The van der Waals surface area contributed by atoms with Gasteiger partial charge in [0.25, 0.3) is 0 Å². The molecule has 0 saturated heterocycles. The number of nitrogens with zero attached hydrogens (tertiary/aromatic N) is 2. The van der Waals surface area contributed by atoms with E-state index in [9.17, 15) is 4.79 Å². The molecule has 0 aliphatic carbocycles. The molecular formula is C20H21ClN2O. The molecule has 0 saturated carbocycles. The topological polar surface area (TPSA) is 32.7 Å². The van der Waals surface area contributed by atoms with Crippen LogP contribution in [-0.2, 0) is 0 Å². The van der Waals surface area contributed by atoms with Crippen LogP contribution in [0.1, 0.15) is 36.0 Å². The number of hydrogen-bond acceptors (Lipinski definition) is 3. The quantitative estimate of drug-likeness (QED) is 0.733. The summed E-state index contributed by atoms with van der Waals surface area (Å²) in [6.07, 6.45) is 4.33. The molecule has 124 valence electrons. The van der Waals surface area contributed by atoms with Gasteiger partial charge in [-0.25, -0.2) is 0 Å². The first-order valence-electron chi connectivity index (χ1n) is 8.39. The number of carbonyl (C=O) groups excluding carboxylic acids is 1. The van der Waals surface area contributed by atoms with Gasteiger partial charge in [-0.2, -0.15) is 0 Å². The third-order valence-electron chi connectivity index (χ3n) is 4.20. The fourth-order valence-electron chi connectivity index (χ4n) is 2.89. The van der Waals surface area contributed by atoms with E-state index in [4.69, 9.17) is 16.6 Å². The van der Waals surface area contributed by atoms with Gasteiger partial charge >= 0.3 is 0 Å². The Hall–Kier alpha value is -2.13. The maximum Gasteiger partial charge on any atom is 0.182 e. The fraction of sp³-hybridized carbons (Fsp3) is 0.300. The van der Waals surface area contributed by atoms with Gasteiger partial charge in [-0.1, -0.05) is 48.4 Å². The molecule has 2 aromatic carbocycles. The molecule has 0 fully saturated rings. The predicted molar refractivity (Wildman–Crippen MR) is 100 cm³/mol. The number of halogens is 1. The molecular weight excluding hydrogens is 320 g/mol. The van der Waals surface area contributed by atoms with Crippen LogP contribution >= 0.6 is 11.6 Å².